The zero-order valence-electron chi connectivity index (χ0n) is 8.16. The van der Waals surface area contributed by atoms with Crippen LogP contribution in [0.25, 0.3) is 0 Å². The van der Waals surface area contributed by atoms with Gasteiger partial charge in [-0.3, -0.25) is 4.68 Å². The van der Waals surface area contributed by atoms with Crippen molar-refractivity contribution in [1.29, 1.82) is 0 Å². The van der Waals surface area contributed by atoms with E-state index in [9.17, 15) is 0 Å². The van der Waals surface area contributed by atoms with Crippen molar-refractivity contribution in [2.45, 2.75) is 45.2 Å². The van der Waals surface area contributed by atoms with Gasteiger partial charge in [0.25, 0.3) is 0 Å². The molecule has 3 heteroatoms. The SMILES string of the molecule is CCCn1cc(NC2CCC2)cn1. The summed E-state index contributed by atoms with van der Waals surface area (Å²) in [7, 11) is 0. The summed E-state index contributed by atoms with van der Waals surface area (Å²) in [5.41, 5.74) is 1.18. The quantitative estimate of drug-likeness (QED) is 0.768. The highest BCUT2D eigenvalue weighted by molar-refractivity contribution is 5.39. The van der Waals surface area contributed by atoms with E-state index < -0.39 is 0 Å². The van der Waals surface area contributed by atoms with Gasteiger partial charge in [-0.25, -0.2) is 0 Å². The van der Waals surface area contributed by atoms with Crippen molar-refractivity contribution < 1.29 is 0 Å². The minimum absolute atomic E-state index is 0.708. The Balaban J connectivity index is 1.88. The number of aromatic nitrogens is 2. The predicted molar refractivity (Wildman–Crippen MR) is 53.8 cm³/mol. The fourth-order valence-corrected chi connectivity index (χ4v) is 1.58. The first kappa shape index (κ1) is 8.60. The normalized spacial score (nSPS) is 17.0. The Hall–Kier alpha value is -0.990. The Morgan fingerprint density at radius 1 is 1.62 bits per heavy atom. The summed E-state index contributed by atoms with van der Waals surface area (Å²) in [6.07, 6.45) is 9.18. The molecule has 1 aliphatic rings. The van der Waals surface area contributed by atoms with Crippen molar-refractivity contribution >= 4 is 5.69 Å². The van der Waals surface area contributed by atoms with Crippen LogP contribution in [0.2, 0.25) is 0 Å². The number of nitrogens with one attached hydrogen (secondary N) is 1. The summed E-state index contributed by atoms with van der Waals surface area (Å²) in [5, 5.41) is 7.75. The second-order valence-corrected chi connectivity index (χ2v) is 3.76. The van der Waals surface area contributed by atoms with E-state index in [0.717, 1.165) is 13.0 Å². The number of hydrogen-bond donors (Lipinski definition) is 1. The summed E-state index contributed by atoms with van der Waals surface area (Å²) in [4.78, 5) is 0. The van der Waals surface area contributed by atoms with E-state index >= 15 is 0 Å². The molecule has 1 aliphatic carbocycles. The fourth-order valence-electron chi connectivity index (χ4n) is 1.58. The maximum Gasteiger partial charge on any atom is 0.0728 e. The molecule has 0 aliphatic heterocycles. The lowest BCUT2D eigenvalue weighted by atomic mass is 9.93. The molecule has 1 heterocycles. The van der Waals surface area contributed by atoms with Crippen LogP contribution in [-0.4, -0.2) is 15.8 Å². The molecule has 1 aromatic heterocycles. The van der Waals surface area contributed by atoms with Gasteiger partial charge in [-0.1, -0.05) is 6.92 Å². The Labute approximate surface area is 79.1 Å². The second kappa shape index (κ2) is 3.81. The number of hydrogen-bond acceptors (Lipinski definition) is 2. The zero-order valence-corrected chi connectivity index (χ0v) is 8.16. The van der Waals surface area contributed by atoms with Gasteiger partial charge in [-0.05, 0) is 25.7 Å². The first-order chi connectivity index (χ1) is 6.38. The van der Waals surface area contributed by atoms with Gasteiger partial charge in [-0.2, -0.15) is 5.10 Å². The third-order valence-electron chi connectivity index (χ3n) is 2.56. The maximum absolute atomic E-state index is 4.27. The third kappa shape index (κ3) is 2.02. The minimum atomic E-state index is 0.708. The van der Waals surface area contributed by atoms with Crippen molar-refractivity contribution in [2.24, 2.45) is 0 Å². The molecule has 0 unspecified atom stereocenters. The van der Waals surface area contributed by atoms with Gasteiger partial charge in [-0.15, -0.1) is 0 Å². The second-order valence-electron chi connectivity index (χ2n) is 3.76. The largest absolute Gasteiger partial charge is 0.380 e. The molecule has 72 valence electrons. The monoisotopic (exact) mass is 179 g/mol. The summed E-state index contributed by atoms with van der Waals surface area (Å²) in [5.74, 6) is 0. The van der Waals surface area contributed by atoms with E-state index in [0.29, 0.717) is 6.04 Å². The lowest BCUT2D eigenvalue weighted by molar-refractivity contribution is 0.445. The van der Waals surface area contributed by atoms with Crippen LogP contribution in [0.1, 0.15) is 32.6 Å². The van der Waals surface area contributed by atoms with Gasteiger partial charge in [0.1, 0.15) is 0 Å². The van der Waals surface area contributed by atoms with E-state index in [-0.39, 0.29) is 0 Å². The molecule has 0 radical (unpaired) electrons. The van der Waals surface area contributed by atoms with Crippen molar-refractivity contribution in [3.63, 3.8) is 0 Å². The van der Waals surface area contributed by atoms with Crippen molar-refractivity contribution in [3.05, 3.63) is 12.4 Å². The van der Waals surface area contributed by atoms with Crippen molar-refractivity contribution in [3.8, 4) is 0 Å². The molecule has 0 atom stereocenters. The van der Waals surface area contributed by atoms with Crippen molar-refractivity contribution in [2.75, 3.05) is 5.32 Å². The Bertz CT molecular complexity index is 263. The smallest absolute Gasteiger partial charge is 0.0728 e. The molecule has 0 saturated heterocycles. The summed E-state index contributed by atoms with van der Waals surface area (Å²) in [6, 6.07) is 0.708. The van der Waals surface area contributed by atoms with Gasteiger partial charge in [0.15, 0.2) is 0 Å². The molecule has 1 aromatic rings. The molecule has 0 amide bonds. The number of rotatable bonds is 4. The number of aryl methyl sites for hydroxylation is 1. The Morgan fingerprint density at radius 3 is 3.08 bits per heavy atom. The first-order valence-corrected chi connectivity index (χ1v) is 5.17. The molecular formula is C10H17N3. The molecule has 0 bridgehead atoms. The minimum Gasteiger partial charge on any atom is -0.380 e. The fraction of sp³-hybridized carbons (Fsp3) is 0.700. The summed E-state index contributed by atoms with van der Waals surface area (Å²) < 4.78 is 2.00. The van der Waals surface area contributed by atoms with Crippen LogP contribution in [0.4, 0.5) is 5.69 Å². The standard InChI is InChI=1S/C10H17N3/c1-2-6-13-8-10(7-11-13)12-9-4-3-5-9/h7-9,12H,2-6H2,1H3. The van der Waals surface area contributed by atoms with Gasteiger partial charge < -0.3 is 5.32 Å². The highest BCUT2D eigenvalue weighted by atomic mass is 15.3. The summed E-state index contributed by atoms with van der Waals surface area (Å²) in [6.45, 7) is 3.19. The maximum atomic E-state index is 4.27. The van der Waals surface area contributed by atoms with Gasteiger partial charge in [0.05, 0.1) is 11.9 Å². The molecule has 2 rings (SSSR count). The van der Waals surface area contributed by atoms with E-state index in [4.69, 9.17) is 0 Å². The summed E-state index contributed by atoms with van der Waals surface area (Å²) >= 11 is 0. The lowest BCUT2D eigenvalue weighted by Crippen LogP contribution is -2.26. The average molecular weight is 179 g/mol. The van der Waals surface area contributed by atoms with Crippen LogP contribution in [-0.2, 0) is 6.54 Å². The van der Waals surface area contributed by atoms with E-state index in [2.05, 4.69) is 23.5 Å². The average Bonchev–Trinajstić information content (AvgIpc) is 2.46. The van der Waals surface area contributed by atoms with Crippen molar-refractivity contribution in [1.82, 2.24) is 9.78 Å². The third-order valence-corrected chi connectivity index (χ3v) is 2.56. The zero-order chi connectivity index (χ0) is 9.10. The molecule has 1 fully saturated rings. The topological polar surface area (TPSA) is 29.9 Å². The molecular weight excluding hydrogens is 162 g/mol. The predicted octanol–water partition coefficient (Wildman–Crippen LogP) is 2.26. The van der Waals surface area contributed by atoms with Crippen LogP contribution in [0, 0.1) is 0 Å². The van der Waals surface area contributed by atoms with Gasteiger partial charge in [0.2, 0.25) is 0 Å². The molecule has 0 spiro atoms. The van der Waals surface area contributed by atoms with Gasteiger partial charge in [0, 0.05) is 18.8 Å². The number of nitrogens with zero attached hydrogens (tertiary/aromatic N) is 2. The Kier molecular flexibility index (Phi) is 2.52. The van der Waals surface area contributed by atoms with Crippen LogP contribution in [0.3, 0.4) is 0 Å². The molecule has 3 nitrogen and oxygen atoms in total. The first-order valence-electron chi connectivity index (χ1n) is 5.17. The van der Waals surface area contributed by atoms with Crippen LogP contribution in [0.15, 0.2) is 12.4 Å². The highest BCUT2D eigenvalue weighted by Crippen LogP contribution is 2.22. The van der Waals surface area contributed by atoms with E-state index in [1.165, 1.54) is 24.9 Å². The van der Waals surface area contributed by atoms with Crippen LogP contribution >= 0.6 is 0 Å². The van der Waals surface area contributed by atoms with Crippen LogP contribution < -0.4 is 5.32 Å². The van der Waals surface area contributed by atoms with Crippen LogP contribution in [0.5, 0.6) is 0 Å². The van der Waals surface area contributed by atoms with E-state index in [1.54, 1.807) is 0 Å². The van der Waals surface area contributed by atoms with E-state index in [1.807, 2.05) is 10.9 Å². The molecule has 1 saturated carbocycles. The lowest BCUT2D eigenvalue weighted by Gasteiger charge is -2.26. The molecule has 1 N–H and O–H groups in total. The molecule has 0 aromatic carbocycles. The Morgan fingerprint density at radius 2 is 2.46 bits per heavy atom. The highest BCUT2D eigenvalue weighted by Gasteiger charge is 2.16. The van der Waals surface area contributed by atoms with Gasteiger partial charge >= 0.3 is 0 Å². The number of anilines is 1. The molecule has 13 heavy (non-hydrogen) atoms.